The third-order valence-electron chi connectivity index (χ3n) is 4.37. The van der Waals surface area contributed by atoms with Gasteiger partial charge in [-0.3, -0.25) is 0 Å². The third kappa shape index (κ3) is 2.84. The fourth-order valence-corrected chi connectivity index (χ4v) is 6.61. The van der Waals surface area contributed by atoms with Crippen molar-refractivity contribution < 1.29 is 8.85 Å². The van der Waals surface area contributed by atoms with E-state index >= 15 is 0 Å². The Morgan fingerprint density at radius 2 is 1.28 bits per heavy atom. The van der Waals surface area contributed by atoms with E-state index in [1.807, 2.05) is 42.5 Å². The highest BCUT2D eigenvalue weighted by Crippen LogP contribution is 2.37. The summed E-state index contributed by atoms with van der Waals surface area (Å²) in [6.45, 7) is 0.848. The molecule has 25 heavy (non-hydrogen) atoms. The second kappa shape index (κ2) is 6.39. The minimum absolute atomic E-state index is 0.831. The van der Waals surface area contributed by atoms with Gasteiger partial charge in [-0.2, -0.15) is 0 Å². The summed E-state index contributed by atoms with van der Waals surface area (Å²) in [5.74, 6) is 1.66. The zero-order valence-corrected chi connectivity index (χ0v) is 15.5. The molecule has 0 spiro atoms. The molecule has 0 amide bonds. The van der Waals surface area contributed by atoms with Crippen molar-refractivity contribution in [2.45, 2.75) is 6.54 Å². The highest BCUT2D eigenvalue weighted by Gasteiger charge is 2.52. The van der Waals surface area contributed by atoms with Crippen LogP contribution < -0.4 is 19.2 Å². The molecule has 4 rings (SSSR count). The maximum Gasteiger partial charge on any atom is 0.531 e. The van der Waals surface area contributed by atoms with Crippen molar-refractivity contribution in [1.82, 2.24) is 4.90 Å². The van der Waals surface area contributed by atoms with E-state index in [1.54, 1.807) is 0 Å². The highest BCUT2D eigenvalue weighted by molar-refractivity contribution is 6.94. The summed E-state index contributed by atoms with van der Waals surface area (Å²) in [5.41, 5.74) is 1.25. The molecule has 0 radical (unpaired) electrons. The van der Waals surface area contributed by atoms with Gasteiger partial charge in [0.2, 0.25) is 0 Å². The summed E-state index contributed by atoms with van der Waals surface area (Å²) in [6.07, 6.45) is 0. The Kier molecular flexibility index (Phi) is 4.07. The van der Waals surface area contributed by atoms with Crippen LogP contribution in [0.25, 0.3) is 0 Å². The number of para-hydroxylation sites is 2. The number of hydrogen-bond donors (Lipinski definition) is 0. The number of hydrogen-bond acceptors (Lipinski definition) is 3. The first-order chi connectivity index (χ1) is 12.2. The molecule has 0 saturated carbocycles. The molecule has 0 saturated heterocycles. The monoisotopic (exact) mass is 347 g/mol. The molecular formula is C21H21NO2Si. The van der Waals surface area contributed by atoms with Gasteiger partial charge in [0.05, 0.1) is 0 Å². The lowest BCUT2D eigenvalue weighted by atomic mass is 10.2. The summed E-state index contributed by atoms with van der Waals surface area (Å²) >= 11 is 0. The van der Waals surface area contributed by atoms with E-state index in [0.29, 0.717) is 0 Å². The Labute approximate surface area is 149 Å². The van der Waals surface area contributed by atoms with Crippen LogP contribution in [-0.4, -0.2) is 27.6 Å². The van der Waals surface area contributed by atoms with Crippen molar-refractivity contribution in [3.8, 4) is 11.5 Å². The van der Waals surface area contributed by atoms with Crippen LogP contribution in [-0.2, 0) is 6.54 Å². The lowest BCUT2D eigenvalue weighted by molar-refractivity contribution is 0.402. The first-order valence-corrected chi connectivity index (χ1v) is 10.3. The number of nitrogens with zero attached hydrogens (tertiary/aromatic N) is 1. The summed E-state index contributed by atoms with van der Waals surface area (Å²) < 4.78 is 13.2. The van der Waals surface area contributed by atoms with Crippen LogP contribution in [0.4, 0.5) is 0 Å². The van der Waals surface area contributed by atoms with Gasteiger partial charge in [0, 0.05) is 16.9 Å². The lowest BCUT2D eigenvalue weighted by Gasteiger charge is -2.27. The van der Waals surface area contributed by atoms with Gasteiger partial charge < -0.3 is 13.8 Å². The Morgan fingerprint density at radius 3 is 1.92 bits per heavy atom. The lowest BCUT2D eigenvalue weighted by Crippen LogP contribution is -2.67. The van der Waals surface area contributed by atoms with Gasteiger partial charge in [0.15, 0.2) is 0 Å². The fraction of sp³-hybridized carbons (Fsp3) is 0.143. The summed E-state index contributed by atoms with van der Waals surface area (Å²) in [5, 5.41) is 2.29. The van der Waals surface area contributed by atoms with E-state index < -0.39 is 8.56 Å². The van der Waals surface area contributed by atoms with Crippen molar-refractivity contribution in [2.24, 2.45) is 0 Å². The highest BCUT2D eigenvalue weighted by atomic mass is 28.4. The average molecular weight is 347 g/mol. The smallest absolute Gasteiger partial charge is 0.502 e. The second-order valence-corrected chi connectivity index (χ2v) is 9.29. The molecule has 126 valence electrons. The molecule has 3 aromatic rings. The van der Waals surface area contributed by atoms with Gasteiger partial charge in [0.1, 0.15) is 11.5 Å². The second-order valence-electron chi connectivity index (χ2n) is 6.53. The molecule has 1 heterocycles. The van der Waals surface area contributed by atoms with Gasteiger partial charge >= 0.3 is 8.56 Å². The number of fused-ring (bicyclic) bond motifs is 1. The fourth-order valence-electron chi connectivity index (χ4n) is 3.31. The van der Waals surface area contributed by atoms with Gasteiger partial charge in [-0.1, -0.05) is 66.7 Å². The maximum absolute atomic E-state index is 6.59. The quantitative estimate of drug-likeness (QED) is 0.678. The Balaban J connectivity index is 1.90. The molecule has 1 aliphatic rings. The first-order valence-electron chi connectivity index (χ1n) is 8.45. The predicted molar refractivity (Wildman–Crippen MR) is 103 cm³/mol. The van der Waals surface area contributed by atoms with Gasteiger partial charge in [-0.15, -0.1) is 0 Å². The summed E-state index contributed by atoms with van der Waals surface area (Å²) in [4.78, 5) is 2.17. The molecule has 0 fully saturated rings. The van der Waals surface area contributed by atoms with Crippen molar-refractivity contribution >= 4 is 18.9 Å². The minimum atomic E-state index is -2.83. The molecular weight excluding hydrogens is 326 g/mol. The van der Waals surface area contributed by atoms with E-state index in [9.17, 15) is 0 Å². The normalized spacial score (nSPS) is 14.7. The van der Waals surface area contributed by atoms with Gasteiger partial charge in [0.25, 0.3) is 0 Å². The van der Waals surface area contributed by atoms with Crippen LogP contribution >= 0.6 is 0 Å². The van der Waals surface area contributed by atoms with E-state index in [4.69, 9.17) is 8.85 Å². The Hall–Kier alpha value is -2.56. The van der Waals surface area contributed by atoms with Crippen LogP contribution in [0, 0.1) is 0 Å². The topological polar surface area (TPSA) is 21.7 Å². The summed E-state index contributed by atoms with van der Waals surface area (Å²) in [6, 6.07) is 26.8. The molecule has 3 aromatic carbocycles. The van der Waals surface area contributed by atoms with Crippen molar-refractivity contribution in [1.29, 1.82) is 0 Å². The SMILES string of the molecule is CN(C)Cc1ccccc1[Si]1(c2ccccc2)Oc2ccccc2O1. The molecule has 4 heteroatoms. The minimum Gasteiger partial charge on any atom is -0.502 e. The number of benzene rings is 3. The Morgan fingerprint density at radius 1 is 0.720 bits per heavy atom. The molecule has 1 aliphatic heterocycles. The first kappa shape index (κ1) is 15.9. The molecule has 0 aliphatic carbocycles. The van der Waals surface area contributed by atoms with E-state index in [1.165, 1.54) is 10.8 Å². The predicted octanol–water partition coefficient (Wildman–Crippen LogP) is 2.78. The molecule has 0 bridgehead atoms. The largest absolute Gasteiger partial charge is 0.531 e. The van der Waals surface area contributed by atoms with E-state index in [-0.39, 0.29) is 0 Å². The zero-order valence-electron chi connectivity index (χ0n) is 14.5. The van der Waals surface area contributed by atoms with E-state index in [0.717, 1.165) is 23.2 Å². The third-order valence-corrected chi connectivity index (χ3v) is 7.67. The van der Waals surface area contributed by atoms with E-state index in [2.05, 4.69) is 55.4 Å². The molecule has 0 aromatic heterocycles. The van der Waals surface area contributed by atoms with Crippen molar-refractivity contribution in [2.75, 3.05) is 14.1 Å². The molecule has 0 unspecified atom stereocenters. The van der Waals surface area contributed by atoms with Crippen molar-refractivity contribution in [3.63, 3.8) is 0 Å². The van der Waals surface area contributed by atoms with Crippen LogP contribution in [0.1, 0.15) is 5.56 Å². The maximum atomic E-state index is 6.59. The Bertz CT molecular complexity index is 855. The van der Waals surface area contributed by atoms with Crippen LogP contribution in [0.15, 0.2) is 78.9 Å². The number of rotatable bonds is 4. The zero-order chi connectivity index (χ0) is 17.3. The van der Waals surface area contributed by atoms with Crippen LogP contribution in [0.3, 0.4) is 0 Å². The van der Waals surface area contributed by atoms with Crippen molar-refractivity contribution in [3.05, 3.63) is 84.4 Å². The standard InChI is InChI=1S/C21H21NO2Si/c1-22(2)16-17-10-6-9-15-21(17)25(18-11-4-3-5-12-18)23-19-13-7-8-14-20(19)24-25/h3-15H,16H2,1-2H3. The van der Waals surface area contributed by atoms with Crippen LogP contribution in [0.2, 0.25) is 0 Å². The van der Waals surface area contributed by atoms with Crippen LogP contribution in [0.5, 0.6) is 11.5 Å². The van der Waals surface area contributed by atoms with Gasteiger partial charge in [-0.25, -0.2) is 0 Å². The summed E-state index contributed by atoms with van der Waals surface area (Å²) in [7, 11) is 1.34. The molecule has 3 nitrogen and oxygen atoms in total. The molecule has 0 N–H and O–H groups in total. The molecule has 0 atom stereocenters. The van der Waals surface area contributed by atoms with Gasteiger partial charge in [-0.05, 0) is 31.8 Å². The average Bonchev–Trinajstić information content (AvgIpc) is 3.03.